The summed E-state index contributed by atoms with van der Waals surface area (Å²) < 4.78 is 2.28. The van der Waals surface area contributed by atoms with Crippen LogP contribution in [-0.2, 0) is 5.54 Å². The van der Waals surface area contributed by atoms with Gasteiger partial charge in [-0.1, -0.05) is 97.1 Å². The van der Waals surface area contributed by atoms with Crippen LogP contribution in [0.3, 0.4) is 0 Å². The van der Waals surface area contributed by atoms with Gasteiger partial charge in [-0.05, 0) is 34.9 Å². The Morgan fingerprint density at radius 1 is 0.643 bits per heavy atom. The summed E-state index contributed by atoms with van der Waals surface area (Å²) in [6, 6.07) is 41.1. The summed E-state index contributed by atoms with van der Waals surface area (Å²) in [5.41, 5.74) is 5.06. The predicted molar refractivity (Wildman–Crippen MR) is 113 cm³/mol. The van der Waals surface area contributed by atoms with Crippen LogP contribution in [0.15, 0.2) is 116 Å². The second-order valence-corrected chi connectivity index (χ2v) is 6.84. The molecular weight excluding hydrogens is 340 g/mol. The topological polar surface area (TPSA) is 17.8 Å². The van der Waals surface area contributed by atoms with E-state index < -0.39 is 5.54 Å². The first-order valence-corrected chi connectivity index (χ1v) is 9.41. The van der Waals surface area contributed by atoms with Gasteiger partial charge in [0, 0.05) is 0 Å². The van der Waals surface area contributed by atoms with E-state index in [4.69, 9.17) is 4.98 Å². The molecule has 0 fully saturated rings. The average Bonchev–Trinajstić information content (AvgIpc) is 3.21. The van der Waals surface area contributed by atoms with E-state index in [1.54, 1.807) is 0 Å². The SMILES string of the molecule is [c]1ccc2ncn(C(c3ccccc3)(c3ccccc3)c3ccccc3)c2c1. The highest BCUT2D eigenvalue weighted by atomic mass is 15.1. The normalized spacial score (nSPS) is 11.6. The van der Waals surface area contributed by atoms with Gasteiger partial charge in [0.25, 0.3) is 0 Å². The molecule has 133 valence electrons. The lowest BCUT2D eigenvalue weighted by Gasteiger charge is -2.38. The molecule has 28 heavy (non-hydrogen) atoms. The van der Waals surface area contributed by atoms with Gasteiger partial charge in [-0.2, -0.15) is 0 Å². The fourth-order valence-electron chi connectivity index (χ4n) is 4.12. The number of rotatable bonds is 4. The molecule has 0 unspecified atom stereocenters. The number of hydrogen-bond acceptors (Lipinski definition) is 1. The molecule has 0 N–H and O–H groups in total. The zero-order valence-corrected chi connectivity index (χ0v) is 15.4. The van der Waals surface area contributed by atoms with Gasteiger partial charge in [0.15, 0.2) is 0 Å². The number of benzene rings is 4. The van der Waals surface area contributed by atoms with Crippen LogP contribution in [0.1, 0.15) is 16.7 Å². The molecular formula is C26H19N2. The number of imidazole rings is 1. The first-order chi connectivity index (χ1) is 13.9. The first-order valence-electron chi connectivity index (χ1n) is 9.41. The summed E-state index contributed by atoms with van der Waals surface area (Å²) in [7, 11) is 0. The summed E-state index contributed by atoms with van der Waals surface area (Å²) in [6.07, 6.45) is 1.95. The predicted octanol–water partition coefficient (Wildman–Crippen LogP) is 5.68. The molecule has 2 nitrogen and oxygen atoms in total. The molecule has 0 amide bonds. The maximum Gasteiger partial charge on any atom is 0.122 e. The standard InChI is InChI=1S/C26H19N2/c1-4-12-21(13-5-1)26(22-14-6-2-7-15-22,23-16-8-3-9-17-23)28-20-27-24-18-10-11-19-25(24)28/h1-10,12-20H. The van der Waals surface area contributed by atoms with Gasteiger partial charge in [0.05, 0.1) is 17.4 Å². The lowest BCUT2D eigenvalue weighted by molar-refractivity contribution is 0.529. The van der Waals surface area contributed by atoms with Gasteiger partial charge in [-0.15, -0.1) is 0 Å². The largest absolute Gasteiger partial charge is 0.312 e. The van der Waals surface area contributed by atoms with Gasteiger partial charge >= 0.3 is 0 Å². The lowest BCUT2D eigenvalue weighted by Crippen LogP contribution is -2.37. The number of fused-ring (bicyclic) bond motifs is 1. The second kappa shape index (κ2) is 6.82. The summed E-state index contributed by atoms with van der Waals surface area (Å²) in [5, 5.41) is 0. The second-order valence-electron chi connectivity index (χ2n) is 6.84. The minimum absolute atomic E-state index is 0.534. The third-order valence-corrected chi connectivity index (χ3v) is 5.33. The molecule has 1 radical (unpaired) electrons. The van der Waals surface area contributed by atoms with E-state index >= 15 is 0 Å². The Morgan fingerprint density at radius 3 is 1.64 bits per heavy atom. The van der Waals surface area contributed by atoms with Crippen LogP contribution in [0.5, 0.6) is 0 Å². The molecule has 0 saturated carbocycles. The Balaban J connectivity index is 1.96. The van der Waals surface area contributed by atoms with Crippen molar-refractivity contribution >= 4 is 11.0 Å². The van der Waals surface area contributed by atoms with Crippen molar-refractivity contribution in [2.75, 3.05) is 0 Å². The molecule has 0 aliphatic heterocycles. The van der Waals surface area contributed by atoms with Crippen molar-refractivity contribution < 1.29 is 0 Å². The zero-order valence-electron chi connectivity index (χ0n) is 15.4. The minimum Gasteiger partial charge on any atom is -0.312 e. The average molecular weight is 359 g/mol. The highest BCUT2D eigenvalue weighted by molar-refractivity contribution is 5.76. The Labute approximate surface area is 164 Å². The van der Waals surface area contributed by atoms with Gasteiger partial charge in [-0.3, -0.25) is 0 Å². The van der Waals surface area contributed by atoms with E-state index in [0.717, 1.165) is 11.0 Å². The van der Waals surface area contributed by atoms with E-state index in [0.29, 0.717) is 0 Å². The van der Waals surface area contributed by atoms with Crippen LogP contribution in [0.4, 0.5) is 0 Å². The van der Waals surface area contributed by atoms with Gasteiger partial charge in [0.2, 0.25) is 0 Å². The molecule has 1 aromatic heterocycles. The molecule has 0 saturated heterocycles. The van der Waals surface area contributed by atoms with E-state index in [9.17, 15) is 0 Å². The van der Waals surface area contributed by atoms with Crippen LogP contribution in [-0.4, -0.2) is 9.55 Å². The molecule has 0 atom stereocenters. The van der Waals surface area contributed by atoms with Crippen molar-refractivity contribution in [2.24, 2.45) is 0 Å². The smallest absolute Gasteiger partial charge is 0.122 e. The van der Waals surface area contributed by atoms with Crippen molar-refractivity contribution in [3.8, 4) is 0 Å². The quantitative estimate of drug-likeness (QED) is 0.378. The van der Waals surface area contributed by atoms with E-state index in [2.05, 4.69) is 102 Å². The van der Waals surface area contributed by atoms with Crippen molar-refractivity contribution in [1.82, 2.24) is 9.55 Å². The molecule has 2 heteroatoms. The fraction of sp³-hybridized carbons (Fsp3) is 0.0385. The molecule has 5 aromatic rings. The van der Waals surface area contributed by atoms with E-state index in [-0.39, 0.29) is 0 Å². The minimum atomic E-state index is -0.534. The fourth-order valence-corrected chi connectivity index (χ4v) is 4.12. The summed E-state index contributed by atoms with van der Waals surface area (Å²) in [6.45, 7) is 0. The van der Waals surface area contributed by atoms with Crippen LogP contribution < -0.4 is 0 Å². The molecule has 4 aromatic carbocycles. The van der Waals surface area contributed by atoms with E-state index in [1.165, 1.54) is 16.7 Å². The van der Waals surface area contributed by atoms with Gasteiger partial charge in [-0.25, -0.2) is 4.98 Å². The monoisotopic (exact) mass is 359 g/mol. The number of hydrogen-bond donors (Lipinski definition) is 0. The molecule has 0 spiro atoms. The maximum absolute atomic E-state index is 4.70. The Kier molecular flexibility index (Phi) is 4.02. The molecule has 0 bridgehead atoms. The third-order valence-electron chi connectivity index (χ3n) is 5.33. The summed E-state index contributed by atoms with van der Waals surface area (Å²) in [5.74, 6) is 0. The highest BCUT2D eigenvalue weighted by Gasteiger charge is 2.39. The Bertz CT molecular complexity index is 1100. The summed E-state index contributed by atoms with van der Waals surface area (Å²) in [4.78, 5) is 4.70. The van der Waals surface area contributed by atoms with Crippen molar-refractivity contribution in [3.05, 3.63) is 138 Å². The molecule has 5 rings (SSSR count). The number of nitrogens with zero attached hydrogens (tertiary/aromatic N) is 2. The first kappa shape index (κ1) is 16.5. The van der Waals surface area contributed by atoms with Gasteiger partial charge in [0.1, 0.15) is 5.54 Å². The van der Waals surface area contributed by atoms with Crippen molar-refractivity contribution in [1.29, 1.82) is 0 Å². The van der Waals surface area contributed by atoms with Crippen molar-refractivity contribution in [3.63, 3.8) is 0 Å². The molecule has 0 aliphatic carbocycles. The Morgan fingerprint density at radius 2 is 1.14 bits per heavy atom. The van der Waals surface area contributed by atoms with Crippen molar-refractivity contribution in [2.45, 2.75) is 5.54 Å². The van der Waals surface area contributed by atoms with E-state index in [1.807, 2.05) is 24.5 Å². The number of aromatic nitrogens is 2. The van der Waals surface area contributed by atoms with Crippen LogP contribution in [0.25, 0.3) is 11.0 Å². The Hall–Kier alpha value is -3.65. The lowest BCUT2D eigenvalue weighted by atomic mass is 9.76. The third kappa shape index (κ3) is 2.46. The van der Waals surface area contributed by atoms with Gasteiger partial charge < -0.3 is 4.57 Å². The summed E-state index contributed by atoms with van der Waals surface area (Å²) >= 11 is 0. The molecule has 1 heterocycles. The molecule has 0 aliphatic rings. The van der Waals surface area contributed by atoms with Crippen LogP contribution >= 0.6 is 0 Å². The van der Waals surface area contributed by atoms with Crippen LogP contribution in [0, 0.1) is 6.07 Å². The highest BCUT2D eigenvalue weighted by Crippen LogP contribution is 2.42. The maximum atomic E-state index is 4.70. The zero-order chi connectivity index (χ0) is 18.8. The van der Waals surface area contributed by atoms with Crippen LogP contribution in [0.2, 0.25) is 0 Å².